The van der Waals surface area contributed by atoms with E-state index in [1.54, 1.807) is 19.1 Å². The molecule has 9 heteroatoms. The molecule has 0 saturated carbocycles. The molecule has 1 aromatic rings. The lowest BCUT2D eigenvalue weighted by Gasteiger charge is -2.25. The van der Waals surface area contributed by atoms with Crippen molar-refractivity contribution in [2.24, 2.45) is 0 Å². The second-order valence-corrected chi connectivity index (χ2v) is 7.75. The number of amides is 3. The number of para-hydroxylation sites is 1. The summed E-state index contributed by atoms with van der Waals surface area (Å²) in [6, 6.07) is 5.61. The third kappa shape index (κ3) is 3.91. The highest BCUT2D eigenvalue weighted by Crippen LogP contribution is 2.18. The van der Waals surface area contributed by atoms with Gasteiger partial charge in [0.2, 0.25) is 0 Å². The van der Waals surface area contributed by atoms with Crippen molar-refractivity contribution in [3.8, 4) is 0 Å². The summed E-state index contributed by atoms with van der Waals surface area (Å²) in [5, 5.41) is 2.00. The lowest BCUT2D eigenvalue weighted by Crippen LogP contribution is -2.49. The number of carbonyl (C=O) groups is 3. The van der Waals surface area contributed by atoms with Crippen LogP contribution in [0.1, 0.15) is 23.7 Å². The number of hydrogen-bond donors (Lipinski definition) is 2. The predicted octanol–water partition coefficient (Wildman–Crippen LogP) is -0.439. The number of anilines is 1. The zero-order valence-corrected chi connectivity index (χ0v) is 14.0. The quantitative estimate of drug-likeness (QED) is 0.560. The van der Waals surface area contributed by atoms with Crippen LogP contribution in [0.5, 0.6) is 0 Å². The molecular weight excluding hydrogens is 334 g/mol. The number of nitrogens with one attached hydrogen (secondary N) is 1. The second-order valence-electron chi connectivity index (χ2n) is 5.52. The lowest BCUT2D eigenvalue weighted by atomic mass is 10.1. The highest BCUT2D eigenvalue weighted by Gasteiger charge is 2.36. The van der Waals surface area contributed by atoms with Crippen molar-refractivity contribution in [3.63, 3.8) is 0 Å². The van der Waals surface area contributed by atoms with Crippen LogP contribution in [0.25, 0.3) is 0 Å². The molecule has 2 rings (SSSR count). The number of nitrogens with two attached hydrogens (primary N) is 1. The SMILES string of the molecule is CCN(C(=O)C(=O)NC(=O)c1ccccc1N)C1CCS(=O)(=O)C1. The van der Waals surface area contributed by atoms with E-state index < -0.39 is 33.6 Å². The molecule has 0 spiro atoms. The molecule has 24 heavy (non-hydrogen) atoms. The first-order valence-electron chi connectivity index (χ1n) is 7.46. The minimum Gasteiger partial charge on any atom is -0.398 e. The van der Waals surface area contributed by atoms with Gasteiger partial charge in [0.05, 0.1) is 17.1 Å². The first-order valence-corrected chi connectivity index (χ1v) is 9.28. The molecule has 1 aromatic carbocycles. The fourth-order valence-corrected chi connectivity index (χ4v) is 4.38. The molecule has 8 nitrogen and oxygen atoms in total. The maximum atomic E-state index is 12.3. The number of benzene rings is 1. The predicted molar refractivity (Wildman–Crippen MR) is 87.8 cm³/mol. The molecule has 1 heterocycles. The molecular formula is C15H19N3O5S. The van der Waals surface area contributed by atoms with Gasteiger partial charge in [0.25, 0.3) is 5.91 Å². The highest BCUT2D eigenvalue weighted by atomic mass is 32.2. The topological polar surface area (TPSA) is 127 Å². The van der Waals surface area contributed by atoms with Gasteiger partial charge in [0.1, 0.15) is 0 Å². The average Bonchev–Trinajstić information content (AvgIpc) is 2.88. The highest BCUT2D eigenvalue weighted by molar-refractivity contribution is 7.91. The Hall–Kier alpha value is -2.42. The number of imide groups is 1. The van der Waals surface area contributed by atoms with Crippen molar-refractivity contribution in [3.05, 3.63) is 29.8 Å². The molecule has 130 valence electrons. The maximum absolute atomic E-state index is 12.3. The van der Waals surface area contributed by atoms with E-state index in [9.17, 15) is 22.8 Å². The molecule has 1 saturated heterocycles. The van der Waals surface area contributed by atoms with E-state index in [-0.39, 0.29) is 35.7 Å². The first-order chi connectivity index (χ1) is 11.2. The van der Waals surface area contributed by atoms with Crippen LogP contribution in [0.3, 0.4) is 0 Å². The van der Waals surface area contributed by atoms with Crippen molar-refractivity contribution in [1.82, 2.24) is 10.2 Å². The maximum Gasteiger partial charge on any atom is 0.316 e. The Morgan fingerprint density at radius 3 is 2.50 bits per heavy atom. The number of rotatable bonds is 3. The van der Waals surface area contributed by atoms with Crippen molar-refractivity contribution in [2.45, 2.75) is 19.4 Å². The van der Waals surface area contributed by atoms with Gasteiger partial charge in [-0.05, 0) is 25.5 Å². The molecule has 0 radical (unpaired) electrons. The Bertz CT molecular complexity index is 775. The standard InChI is InChI=1S/C15H19N3O5S/c1-2-18(10-7-8-24(22,23)9-10)15(21)14(20)17-13(19)11-5-3-4-6-12(11)16/h3-6,10H,2,7-9,16H2,1H3,(H,17,19,20). The number of nitrogens with zero attached hydrogens (tertiary/aromatic N) is 1. The van der Waals surface area contributed by atoms with Crippen LogP contribution >= 0.6 is 0 Å². The van der Waals surface area contributed by atoms with E-state index in [0.717, 1.165) is 0 Å². The molecule has 1 fully saturated rings. The summed E-state index contributed by atoms with van der Waals surface area (Å²) in [4.78, 5) is 37.5. The first kappa shape index (κ1) is 17.9. The van der Waals surface area contributed by atoms with E-state index in [1.165, 1.54) is 17.0 Å². The molecule has 3 N–H and O–H groups in total. The monoisotopic (exact) mass is 353 g/mol. The summed E-state index contributed by atoms with van der Waals surface area (Å²) >= 11 is 0. The van der Waals surface area contributed by atoms with Crippen LogP contribution in [-0.4, -0.2) is 55.1 Å². The summed E-state index contributed by atoms with van der Waals surface area (Å²) in [7, 11) is -3.19. The fourth-order valence-electron chi connectivity index (χ4n) is 2.65. The van der Waals surface area contributed by atoms with Gasteiger partial charge in [0, 0.05) is 18.3 Å². The van der Waals surface area contributed by atoms with Crippen molar-refractivity contribution >= 4 is 33.2 Å². The number of sulfone groups is 1. The molecule has 0 aliphatic carbocycles. The van der Waals surface area contributed by atoms with Gasteiger partial charge in [-0.15, -0.1) is 0 Å². The zero-order chi connectivity index (χ0) is 17.9. The Balaban J connectivity index is 2.07. The lowest BCUT2D eigenvalue weighted by molar-refractivity contribution is -0.146. The van der Waals surface area contributed by atoms with Gasteiger partial charge in [-0.3, -0.25) is 19.7 Å². The molecule has 3 amide bonds. The Kier molecular flexibility index (Phi) is 5.23. The van der Waals surface area contributed by atoms with Gasteiger partial charge in [0.15, 0.2) is 9.84 Å². The largest absolute Gasteiger partial charge is 0.398 e. The summed E-state index contributed by atoms with van der Waals surface area (Å²) in [5.74, 6) is -2.99. The molecule has 1 atom stereocenters. The fraction of sp³-hybridized carbons (Fsp3) is 0.400. The van der Waals surface area contributed by atoms with Crippen molar-refractivity contribution in [2.75, 3.05) is 23.8 Å². The van der Waals surface area contributed by atoms with E-state index in [2.05, 4.69) is 0 Å². The van der Waals surface area contributed by atoms with Crippen LogP contribution in [0.2, 0.25) is 0 Å². The molecule has 1 unspecified atom stereocenters. The smallest absolute Gasteiger partial charge is 0.316 e. The Morgan fingerprint density at radius 2 is 1.96 bits per heavy atom. The number of likely N-dealkylation sites (N-methyl/N-ethyl adjacent to an activating group) is 1. The molecule has 1 aliphatic heterocycles. The van der Waals surface area contributed by atoms with E-state index >= 15 is 0 Å². The van der Waals surface area contributed by atoms with Gasteiger partial charge in [-0.2, -0.15) is 0 Å². The van der Waals surface area contributed by atoms with Gasteiger partial charge >= 0.3 is 11.8 Å². The number of hydrogen-bond acceptors (Lipinski definition) is 6. The van der Waals surface area contributed by atoms with Gasteiger partial charge in [-0.1, -0.05) is 12.1 Å². The van der Waals surface area contributed by atoms with Gasteiger partial charge in [-0.25, -0.2) is 8.42 Å². The van der Waals surface area contributed by atoms with Crippen LogP contribution < -0.4 is 11.1 Å². The normalized spacial score (nSPS) is 18.8. The van der Waals surface area contributed by atoms with Crippen LogP contribution in [-0.2, 0) is 19.4 Å². The molecule has 0 bridgehead atoms. The Morgan fingerprint density at radius 1 is 1.29 bits per heavy atom. The minimum atomic E-state index is -3.19. The van der Waals surface area contributed by atoms with Crippen LogP contribution in [0, 0.1) is 0 Å². The van der Waals surface area contributed by atoms with E-state index in [1.807, 2.05) is 5.32 Å². The summed E-state index contributed by atoms with van der Waals surface area (Å²) in [6.45, 7) is 1.82. The Labute approximate surface area is 139 Å². The van der Waals surface area contributed by atoms with Crippen molar-refractivity contribution in [1.29, 1.82) is 0 Å². The summed E-state index contributed by atoms with van der Waals surface area (Å²) in [6.07, 6.45) is 0.286. The average molecular weight is 353 g/mol. The second kappa shape index (κ2) is 7.00. The minimum absolute atomic E-state index is 0.0114. The van der Waals surface area contributed by atoms with E-state index in [0.29, 0.717) is 0 Å². The number of carbonyl (C=O) groups excluding carboxylic acids is 3. The van der Waals surface area contributed by atoms with Gasteiger partial charge < -0.3 is 10.6 Å². The molecule has 0 aromatic heterocycles. The third-order valence-electron chi connectivity index (χ3n) is 3.88. The van der Waals surface area contributed by atoms with Crippen LogP contribution in [0.4, 0.5) is 5.69 Å². The van der Waals surface area contributed by atoms with Crippen molar-refractivity contribution < 1.29 is 22.8 Å². The van der Waals surface area contributed by atoms with E-state index in [4.69, 9.17) is 5.73 Å². The number of nitrogen functional groups attached to an aromatic ring is 1. The van der Waals surface area contributed by atoms with Crippen LogP contribution in [0.15, 0.2) is 24.3 Å². The summed E-state index contributed by atoms with van der Waals surface area (Å²) < 4.78 is 23.1. The summed E-state index contributed by atoms with van der Waals surface area (Å²) in [5.41, 5.74) is 5.93. The zero-order valence-electron chi connectivity index (χ0n) is 13.2. The third-order valence-corrected chi connectivity index (χ3v) is 5.63. The molecule has 1 aliphatic rings.